The maximum atomic E-state index is 13.1. The summed E-state index contributed by atoms with van der Waals surface area (Å²) in [7, 11) is 0. The van der Waals surface area contributed by atoms with Crippen molar-refractivity contribution < 1.29 is 4.79 Å². The van der Waals surface area contributed by atoms with E-state index in [2.05, 4.69) is 9.97 Å². The van der Waals surface area contributed by atoms with Crippen LogP contribution < -0.4 is 10.6 Å². The molecule has 1 heterocycles. The van der Waals surface area contributed by atoms with E-state index in [1.807, 2.05) is 42.5 Å². The van der Waals surface area contributed by atoms with Crippen molar-refractivity contribution in [3.8, 4) is 0 Å². The number of aromatic nitrogens is 2. The summed E-state index contributed by atoms with van der Waals surface area (Å²) in [5, 5.41) is 8.05. The third-order valence-corrected chi connectivity index (χ3v) is 4.56. The first-order chi connectivity index (χ1) is 14.1. The predicted octanol–water partition coefficient (Wildman–Crippen LogP) is 3.86. The normalized spacial score (nSPS) is 11.1. The van der Waals surface area contributed by atoms with Crippen LogP contribution in [-0.2, 0) is 17.8 Å². The number of amides is 1. The number of hydrogen-bond donors (Lipinski definition) is 2. The fourth-order valence-corrected chi connectivity index (χ4v) is 3.09. The summed E-state index contributed by atoms with van der Waals surface area (Å²) < 4.78 is 0. The Morgan fingerprint density at radius 1 is 1.17 bits per heavy atom. The molecule has 1 aromatic heterocycles. The summed E-state index contributed by atoms with van der Waals surface area (Å²) >= 11 is 6.11. The Balaban J connectivity index is 1.91. The van der Waals surface area contributed by atoms with E-state index >= 15 is 0 Å². The monoisotopic (exact) mass is 405 g/mol. The maximum Gasteiger partial charge on any atom is 0.233 e. The Labute approximate surface area is 174 Å². The number of carbonyl (C=O) groups excluding carboxylic acids is 1. The largest absolute Gasteiger partial charge is 0.404 e. The molecule has 29 heavy (non-hydrogen) atoms. The number of rotatable bonds is 7. The lowest BCUT2D eigenvalue weighted by molar-refractivity contribution is -0.118. The van der Waals surface area contributed by atoms with Gasteiger partial charge in [0.1, 0.15) is 0 Å². The van der Waals surface area contributed by atoms with Gasteiger partial charge in [0.05, 0.1) is 18.7 Å². The summed E-state index contributed by atoms with van der Waals surface area (Å²) in [4.78, 5) is 23.0. The van der Waals surface area contributed by atoms with E-state index in [1.165, 1.54) is 12.4 Å². The SMILES string of the molecule is N=CC(=CN)c1ccc(N(Cc2cccc(Cl)c2)C(=O)Cc2cnccn2)cc1. The fourth-order valence-electron chi connectivity index (χ4n) is 2.87. The Morgan fingerprint density at radius 3 is 2.59 bits per heavy atom. The predicted molar refractivity (Wildman–Crippen MR) is 116 cm³/mol. The third kappa shape index (κ3) is 5.27. The molecule has 0 radical (unpaired) electrons. The van der Waals surface area contributed by atoms with E-state index in [0.29, 0.717) is 22.8 Å². The number of halogens is 1. The van der Waals surface area contributed by atoms with Crippen LogP contribution in [0.25, 0.3) is 5.57 Å². The molecule has 6 nitrogen and oxygen atoms in total. The number of carbonyl (C=O) groups is 1. The van der Waals surface area contributed by atoms with Gasteiger partial charge in [-0.3, -0.25) is 14.8 Å². The van der Waals surface area contributed by atoms with Gasteiger partial charge in [-0.2, -0.15) is 0 Å². The molecule has 3 N–H and O–H groups in total. The van der Waals surface area contributed by atoms with Crippen molar-refractivity contribution in [3.05, 3.63) is 95.2 Å². The molecule has 1 amide bonds. The molecule has 0 aliphatic heterocycles. The fraction of sp³-hybridized carbons (Fsp3) is 0.0909. The van der Waals surface area contributed by atoms with E-state index in [-0.39, 0.29) is 12.3 Å². The van der Waals surface area contributed by atoms with Crippen molar-refractivity contribution in [1.29, 1.82) is 5.41 Å². The van der Waals surface area contributed by atoms with Gasteiger partial charge >= 0.3 is 0 Å². The van der Waals surface area contributed by atoms with Crippen LogP contribution >= 0.6 is 11.6 Å². The lowest BCUT2D eigenvalue weighted by Gasteiger charge is -2.23. The first kappa shape index (κ1) is 20.2. The van der Waals surface area contributed by atoms with Gasteiger partial charge < -0.3 is 16.0 Å². The number of benzene rings is 2. The van der Waals surface area contributed by atoms with Crippen molar-refractivity contribution in [2.24, 2.45) is 5.73 Å². The summed E-state index contributed by atoms with van der Waals surface area (Å²) in [6.07, 6.45) is 7.42. The zero-order valence-electron chi connectivity index (χ0n) is 15.6. The maximum absolute atomic E-state index is 13.1. The zero-order chi connectivity index (χ0) is 20.6. The topological polar surface area (TPSA) is 96.0 Å². The summed E-state index contributed by atoms with van der Waals surface area (Å²) in [5.41, 5.74) is 9.20. The molecule has 3 aromatic rings. The highest BCUT2D eigenvalue weighted by atomic mass is 35.5. The minimum atomic E-state index is -0.111. The molecule has 0 bridgehead atoms. The van der Waals surface area contributed by atoms with Crippen molar-refractivity contribution >= 4 is 35.0 Å². The second kappa shape index (κ2) is 9.61. The lowest BCUT2D eigenvalue weighted by Crippen LogP contribution is -2.32. The van der Waals surface area contributed by atoms with Gasteiger partial charge in [0.25, 0.3) is 0 Å². The summed E-state index contributed by atoms with van der Waals surface area (Å²) in [6, 6.07) is 14.7. The second-order valence-electron chi connectivity index (χ2n) is 6.30. The van der Waals surface area contributed by atoms with Gasteiger partial charge in [0, 0.05) is 47.3 Å². The second-order valence-corrected chi connectivity index (χ2v) is 6.73. The van der Waals surface area contributed by atoms with Gasteiger partial charge in [-0.05, 0) is 35.4 Å². The number of hydrogen-bond acceptors (Lipinski definition) is 5. The molecular weight excluding hydrogens is 386 g/mol. The Kier molecular flexibility index (Phi) is 6.71. The molecule has 0 saturated heterocycles. The molecule has 0 aliphatic rings. The van der Waals surface area contributed by atoms with Crippen LogP contribution in [0.2, 0.25) is 5.02 Å². The first-order valence-corrected chi connectivity index (χ1v) is 9.31. The van der Waals surface area contributed by atoms with E-state index in [9.17, 15) is 4.79 Å². The number of anilines is 1. The Morgan fingerprint density at radius 2 is 1.97 bits per heavy atom. The van der Waals surface area contributed by atoms with Crippen LogP contribution in [0, 0.1) is 5.41 Å². The molecule has 0 spiro atoms. The van der Waals surface area contributed by atoms with E-state index in [0.717, 1.165) is 16.8 Å². The first-order valence-electron chi connectivity index (χ1n) is 8.93. The smallest absolute Gasteiger partial charge is 0.233 e. The Hall–Kier alpha value is -3.51. The molecule has 2 aromatic carbocycles. The van der Waals surface area contributed by atoms with Crippen molar-refractivity contribution in [3.63, 3.8) is 0 Å². The molecule has 0 saturated carbocycles. The molecule has 7 heteroatoms. The van der Waals surface area contributed by atoms with Crippen LogP contribution in [0.15, 0.2) is 73.3 Å². The highest BCUT2D eigenvalue weighted by Crippen LogP contribution is 2.23. The molecular formula is C22H20ClN5O. The Bertz CT molecular complexity index is 1020. The van der Waals surface area contributed by atoms with E-state index in [1.54, 1.807) is 29.6 Å². The number of nitrogens with one attached hydrogen (secondary N) is 1. The highest BCUT2D eigenvalue weighted by molar-refractivity contribution is 6.30. The van der Waals surface area contributed by atoms with Crippen LogP contribution in [0.3, 0.4) is 0 Å². The molecule has 0 aliphatic carbocycles. The molecule has 0 atom stereocenters. The average molecular weight is 406 g/mol. The standard InChI is InChI=1S/C22H20ClN5O/c23-19-3-1-2-16(10-19)15-28(22(29)11-20-14-26-8-9-27-20)21-6-4-17(5-7-21)18(12-24)13-25/h1-10,12-14,24H,11,15,25H2. The van der Waals surface area contributed by atoms with Gasteiger partial charge in [-0.1, -0.05) is 35.9 Å². The quantitative estimate of drug-likeness (QED) is 0.583. The van der Waals surface area contributed by atoms with Gasteiger partial charge in [-0.15, -0.1) is 0 Å². The molecule has 146 valence electrons. The number of nitrogens with two attached hydrogens (primary N) is 1. The van der Waals surface area contributed by atoms with Crippen molar-refractivity contribution in [1.82, 2.24) is 9.97 Å². The summed E-state index contributed by atoms with van der Waals surface area (Å²) in [6.45, 7) is 0.364. The van der Waals surface area contributed by atoms with Gasteiger partial charge in [0.2, 0.25) is 5.91 Å². The highest BCUT2D eigenvalue weighted by Gasteiger charge is 2.18. The van der Waals surface area contributed by atoms with E-state index < -0.39 is 0 Å². The molecule has 3 rings (SSSR count). The van der Waals surface area contributed by atoms with Crippen LogP contribution in [0.5, 0.6) is 0 Å². The van der Waals surface area contributed by atoms with E-state index in [4.69, 9.17) is 22.7 Å². The van der Waals surface area contributed by atoms with Crippen molar-refractivity contribution in [2.75, 3.05) is 4.90 Å². The minimum Gasteiger partial charge on any atom is -0.404 e. The minimum absolute atomic E-state index is 0.111. The van der Waals surface area contributed by atoms with Crippen LogP contribution in [-0.4, -0.2) is 22.1 Å². The van der Waals surface area contributed by atoms with Crippen LogP contribution in [0.4, 0.5) is 5.69 Å². The lowest BCUT2D eigenvalue weighted by atomic mass is 10.1. The summed E-state index contributed by atoms with van der Waals surface area (Å²) in [5.74, 6) is -0.111. The molecule has 0 unspecified atom stereocenters. The number of nitrogens with zero attached hydrogens (tertiary/aromatic N) is 3. The molecule has 0 fully saturated rings. The number of allylic oxidation sites excluding steroid dienone is 1. The van der Waals surface area contributed by atoms with Crippen molar-refractivity contribution in [2.45, 2.75) is 13.0 Å². The zero-order valence-corrected chi connectivity index (χ0v) is 16.4. The van der Waals surface area contributed by atoms with Gasteiger partial charge in [0.15, 0.2) is 0 Å². The van der Waals surface area contributed by atoms with Crippen LogP contribution in [0.1, 0.15) is 16.8 Å². The van der Waals surface area contributed by atoms with Gasteiger partial charge in [-0.25, -0.2) is 0 Å². The third-order valence-electron chi connectivity index (χ3n) is 4.33. The average Bonchev–Trinajstić information content (AvgIpc) is 2.74.